The predicted octanol–water partition coefficient (Wildman–Crippen LogP) is 3.49. The van der Waals surface area contributed by atoms with Gasteiger partial charge in [-0.15, -0.1) is 11.3 Å². The molecule has 88 valence electrons. The number of carbonyl (C=O) groups is 1. The number of ketones is 1. The monoisotopic (exact) mass is 245 g/mol. The first-order valence-corrected chi connectivity index (χ1v) is 6.28. The van der Waals surface area contributed by atoms with Crippen molar-refractivity contribution in [3.8, 4) is 0 Å². The molecule has 2 rings (SSSR count). The largest absolute Gasteiger partial charge is 0.399 e. The molecular weight excluding hydrogens is 230 g/mol. The summed E-state index contributed by atoms with van der Waals surface area (Å²) in [6.45, 7) is 5.90. The van der Waals surface area contributed by atoms with E-state index in [1.54, 1.807) is 23.5 Å². The van der Waals surface area contributed by atoms with Gasteiger partial charge in [0.25, 0.3) is 0 Å². The van der Waals surface area contributed by atoms with Gasteiger partial charge in [-0.05, 0) is 56.2 Å². The topological polar surface area (TPSA) is 43.1 Å². The van der Waals surface area contributed by atoms with Gasteiger partial charge in [-0.1, -0.05) is 0 Å². The quantitative estimate of drug-likeness (QED) is 0.650. The van der Waals surface area contributed by atoms with E-state index in [0.717, 1.165) is 26.6 Å². The fourth-order valence-corrected chi connectivity index (χ4v) is 2.80. The van der Waals surface area contributed by atoms with Crippen molar-refractivity contribution in [2.45, 2.75) is 20.8 Å². The number of rotatable bonds is 2. The third-order valence-electron chi connectivity index (χ3n) is 2.78. The Balaban J connectivity index is 2.44. The first-order chi connectivity index (χ1) is 7.99. The van der Waals surface area contributed by atoms with Crippen molar-refractivity contribution in [1.29, 1.82) is 0 Å². The summed E-state index contributed by atoms with van der Waals surface area (Å²) >= 11 is 1.55. The van der Waals surface area contributed by atoms with Crippen molar-refractivity contribution in [2.24, 2.45) is 0 Å². The Bertz CT molecular complexity index is 584. The second-order valence-electron chi connectivity index (χ2n) is 4.27. The molecule has 0 aliphatic heterocycles. The molecule has 0 bridgehead atoms. The summed E-state index contributed by atoms with van der Waals surface area (Å²) in [5.74, 6) is 0.0868. The molecule has 1 heterocycles. The van der Waals surface area contributed by atoms with Crippen molar-refractivity contribution < 1.29 is 4.79 Å². The Morgan fingerprint density at radius 3 is 2.35 bits per heavy atom. The van der Waals surface area contributed by atoms with Crippen LogP contribution in [0.5, 0.6) is 0 Å². The van der Waals surface area contributed by atoms with Gasteiger partial charge in [0.2, 0.25) is 5.78 Å². The Kier molecular flexibility index (Phi) is 3.03. The van der Waals surface area contributed by atoms with Gasteiger partial charge in [0.15, 0.2) is 0 Å². The third-order valence-corrected chi connectivity index (χ3v) is 3.93. The van der Waals surface area contributed by atoms with Crippen LogP contribution in [0.1, 0.15) is 31.2 Å². The lowest BCUT2D eigenvalue weighted by molar-refractivity contribution is 0.104. The van der Waals surface area contributed by atoms with Crippen LogP contribution < -0.4 is 5.73 Å². The fraction of sp³-hybridized carbons (Fsp3) is 0.214. The number of hydrogen-bond acceptors (Lipinski definition) is 3. The Morgan fingerprint density at radius 1 is 1.12 bits per heavy atom. The van der Waals surface area contributed by atoms with E-state index in [9.17, 15) is 4.79 Å². The number of thiophene rings is 1. The van der Waals surface area contributed by atoms with E-state index in [4.69, 9.17) is 5.73 Å². The summed E-state index contributed by atoms with van der Waals surface area (Å²) in [6.07, 6.45) is 0. The van der Waals surface area contributed by atoms with Gasteiger partial charge < -0.3 is 5.73 Å². The maximum Gasteiger partial charge on any atom is 0.203 e. The van der Waals surface area contributed by atoms with E-state index in [1.165, 1.54) is 0 Å². The summed E-state index contributed by atoms with van der Waals surface area (Å²) in [7, 11) is 0. The highest BCUT2D eigenvalue weighted by atomic mass is 32.1. The van der Waals surface area contributed by atoms with E-state index in [0.29, 0.717) is 5.56 Å². The van der Waals surface area contributed by atoms with Gasteiger partial charge in [-0.25, -0.2) is 0 Å². The van der Waals surface area contributed by atoms with Crippen LogP contribution in [0.15, 0.2) is 24.3 Å². The molecule has 0 aliphatic carbocycles. The van der Waals surface area contributed by atoms with Crippen LogP contribution in [-0.4, -0.2) is 5.78 Å². The van der Waals surface area contributed by atoms with E-state index in [2.05, 4.69) is 0 Å². The van der Waals surface area contributed by atoms with Crippen LogP contribution in [0.3, 0.4) is 0 Å². The lowest BCUT2D eigenvalue weighted by Gasteiger charge is -2.04. The molecule has 0 unspecified atom stereocenters. The van der Waals surface area contributed by atoms with Crippen molar-refractivity contribution in [3.05, 3.63) is 50.7 Å². The summed E-state index contributed by atoms with van der Waals surface area (Å²) in [4.78, 5) is 14.3. The highest BCUT2D eigenvalue weighted by Gasteiger charge is 2.14. The minimum absolute atomic E-state index is 0.0868. The molecule has 0 aliphatic rings. The normalized spacial score (nSPS) is 10.5. The molecule has 0 saturated carbocycles. The number of nitrogens with two attached hydrogens (primary N) is 1. The van der Waals surface area contributed by atoms with Crippen LogP contribution in [0.4, 0.5) is 5.69 Å². The van der Waals surface area contributed by atoms with E-state index in [-0.39, 0.29) is 5.78 Å². The van der Waals surface area contributed by atoms with Gasteiger partial charge in [0, 0.05) is 16.1 Å². The number of hydrogen-bond donors (Lipinski definition) is 1. The summed E-state index contributed by atoms with van der Waals surface area (Å²) < 4.78 is 0. The zero-order valence-corrected chi connectivity index (χ0v) is 11.0. The molecule has 2 nitrogen and oxygen atoms in total. The standard InChI is InChI=1S/C14H15NOS/c1-8-7-11(4-5-12(8)15)13(16)14-9(2)6-10(3)17-14/h4-7H,15H2,1-3H3. The highest BCUT2D eigenvalue weighted by molar-refractivity contribution is 7.14. The third kappa shape index (κ3) is 2.24. The molecular formula is C14H15NOS. The lowest BCUT2D eigenvalue weighted by Crippen LogP contribution is -2.02. The molecule has 1 aromatic carbocycles. The summed E-state index contributed by atoms with van der Waals surface area (Å²) in [5, 5.41) is 0. The van der Waals surface area contributed by atoms with Crippen molar-refractivity contribution >= 4 is 22.8 Å². The zero-order chi connectivity index (χ0) is 12.6. The van der Waals surface area contributed by atoms with Crippen LogP contribution in [0.25, 0.3) is 0 Å². The summed E-state index contributed by atoms with van der Waals surface area (Å²) in [5.41, 5.74) is 9.18. The molecule has 1 aromatic heterocycles. The SMILES string of the molecule is Cc1cc(C)c(C(=O)c2ccc(N)c(C)c2)s1. The highest BCUT2D eigenvalue weighted by Crippen LogP contribution is 2.25. The summed E-state index contributed by atoms with van der Waals surface area (Å²) in [6, 6.07) is 7.48. The first kappa shape index (κ1) is 11.9. The molecule has 0 saturated heterocycles. The van der Waals surface area contributed by atoms with Gasteiger partial charge >= 0.3 is 0 Å². The fourth-order valence-electron chi connectivity index (χ4n) is 1.81. The number of carbonyl (C=O) groups excluding carboxylic acids is 1. The molecule has 2 aromatic rings. The molecule has 2 N–H and O–H groups in total. The molecule has 3 heteroatoms. The number of anilines is 1. The van der Waals surface area contributed by atoms with E-state index < -0.39 is 0 Å². The number of benzene rings is 1. The second kappa shape index (κ2) is 4.34. The first-order valence-electron chi connectivity index (χ1n) is 5.47. The van der Waals surface area contributed by atoms with Crippen molar-refractivity contribution in [3.63, 3.8) is 0 Å². The van der Waals surface area contributed by atoms with Crippen molar-refractivity contribution in [2.75, 3.05) is 5.73 Å². The van der Waals surface area contributed by atoms with Crippen LogP contribution in [0, 0.1) is 20.8 Å². The van der Waals surface area contributed by atoms with Gasteiger partial charge in [0.1, 0.15) is 0 Å². The van der Waals surface area contributed by atoms with Gasteiger partial charge in [-0.2, -0.15) is 0 Å². The Labute approximate surface area is 105 Å². The predicted molar refractivity (Wildman–Crippen MR) is 72.8 cm³/mol. The Morgan fingerprint density at radius 2 is 1.82 bits per heavy atom. The number of nitrogen functional groups attached to an aromatic ring is 1. The molecule has 0 radical (unpaired) electrons. The molecule has 0 amide bonds. The van der Waals surface area contributed by atoms with Gasteiger partial charge in [0.05, 0.1) is 4.88 Å². The Hall–Kier alpha value is -1.61. The molecule has 0 atom stereocenters. The van der Waals surface area contributed by atoms with E-state index >= 15 is 0 Å². The maximum absolute atomic E-state index is 12.3. The van der Waals surface area contributed by atoms with Crippen LogP contribution in [-0.2, 0) is 0 Å². The lowest BCUT2D eigenvalue weighted by atomic mass is 10.0. The zero-order valence-electron chi connectivity index (χ0n) is 10.2. The van der Waals surface area contributed by atoms with Crippen LogP contribution in [0.2, 0.25) is 0 Å². The number of aryl methyl sites for hydroxylation is 3. The van der Waals surface area contributed by atoms with E-state index in [1.807, 2.05) is 32.9 Å². The van der Waals surface area contributed by atoms with Crippen molar-refractivity contribution in [1.82, 2.24) is 0 Å². The molecule has 0 fully saturated rings. The minimum Gasteiger partial charge on any atom is -0.399 e. The smallest absolute Gasteiger partial charge is 0.203 e. The average molecular weight is 245 g/mol. The van der Waals surface area contributed by atoms with Crippen LogP contribution >= 0.6 is 11.3 Å². The minimum atomic E-state index is 0.0868. The maximum atomic E-state index is 12.3. The average Bonchev–Trinajstić information content (AvgIpc) is 2.61. The van der Waals surface area contributed by atoms with Gasteiger partial charge in [-0.3, -0.25) is 4.79 Å². The second-order valence-corrected chi connectivity index (χ2v) is 5.53. The molecule has 0 spiro atoms. The molecule has 17 heavy (non-hydrogen) atoms.